The van der Waals surface area contributed by atoms with Gasteiger partial charge in [0.05, 0.1) is 18.4 Å². The Labute approximate surface area is 191 Å². The van der Waals surface area contributed by atoms with Crippen molar-refractivity contribution >= 4 is 18.6 Å². The average Bonchev–Trinajstić information content (AvgIpc) is 3.24. The molecule has 4 aromatic rings. The molecule has 3 N–H and O–H groups in total. The SMILES string of the molecule is CP(=O)(O)c1ccc(C(NC(=O)c2cnc(-n3cc(F)cn3)[nH]c2=O)c2ccc(F)cc2)cc1. The van der Waals surface area contributed by atoms with E-state index in [9.17, 15) is 27.8 Å². The molecule has 2 aromatic carbocycles. The highest BCUT2D eigenvalue weighted by Gasteiger charge is 2.22. The maximum absolute atomic E-state index is 13.5. The van der Waals surface area contributed by atoms with Crippen molar-refractivity contribution in [3.8, 4) is 5.95 Å². The Kier molecular flexibility index (Phi) is 6.23. The van der Waals surface area contributed by atoms with Crippen LogP contribution in [0.2, 0.25) is 0 Å². The molecule has 0 fully saturated rings. The number of benzene rings is 2. The zero-order chi connectivity index (χ0) is 24.5. The van der Waals surface area contributed by atoms with E-state index in [4.69, 9.17) is 0 Å². The summed E-state index contributed by atoms with van der Waals surface area (Å²) in [5.74, 6) is -1.95. The Morgan fingerprint density at radius 2 is 1.68 bits per heavy atom. The topological polar surface area (TPSA) is 130 Å². The van der Waals surface area contributed by atoms with E-state index in [0.29, 0.717) is 11.1 Å². The van der Waals surface area contributed by atoms with Gasteiger partial charge < -0.3 is 10.2 Å². The van der Waals surface area contributed by atoms with Crippen LogP contribution in [-0.2, 0) is 4.57 Å². The molecule has 4 rings (SSSR count). The Balaban J connectivity index is 1.66. The van der Waals surface area contributed by atoms with Crippen molar-refractivity contribution in [3.05, 3.63) is 106 Å². The lowest BCUT2D eigenvalue weighted by molar-refractivity contribution is 0.0941. The van der Waals surface area contributed by atoms with Crippen molar-refractivity contribution in [1.29, 1.82) is 0 Å². The second-order valence-electron chi connectivity index (χ2n) is 7.48. The summed E-state index contributed by atoms with van der Waals surface area (Å²) in [5, 5.41) is 6.64. The van der Waals surface area contributed by atoms with Crippen LogP contribution >= 0.6 is 7.37 Å². The van der Waals surface area contributed by atoms with E-state index in [1.54, 1.807) is 12.1 Å². The molecule has 9 nitrogen and oxygen atoms in total. The molecule has 0 saturated heterocycles. The number of aromatic nitrogens is 4. The van der Waals surface area contributed by atoms with Crippen molar-refractivity contribution in [2.45, 2.75) is 6.04 Å². The third-order valence-corrected chi connectivity index (χ3v) is 6.24. The Hall–Kier alpha value is -3.95. The van der Waals surface area contributed by atoms with Crippen LogP contribution in [0.1, 0.15) is 27.5 Å². The van der Waals surface area contributed by atoms with Crippen LogP contribution in [0.3, 0.4) is 0 Å². The zero-order valence-electron chi connectivity index (χ0n) is 17.6. The maximum atomic E-state index is 13.5. The Morgan fingerprint density at radius 3 is 2.21 bits per heavy atom. The highest BCUT2D eigenvalue weighted by Crippen LogP contribution is 2.34. The summed E-state index contributed by atoms with van der Waals surface area (Å²) in [6.07, 6.45) is 2.98. The van der Waals surface area contributed by atoms with Gasteiger partial charge in [-0.1, -0.05) is 24.3 Å². The number of aromatic amines is 1. The average molecular weight is 485 g/mol. The summed E-state index contributed by atoms with van der Waals surface area (Å²) >= 11 is 0. The fourth-order valence-corrected chi connectivity index (χ4v) is 3.95. The van der Waals surface area contributed by atoms with E-state index in [2.05, 4.69) is 20.4 Å². The van der Waals surface area contributed by atoms with Gasteiger partial charge in [0.15, 0.2) is 5.82 Å². The number of hydrogen-bond acceptors (Lipinski definition) is 5. The van der Waals surface area contributed by atoms with E-state index in [1.807, 2.05) is 0 Å². The van der Waals surface area contributed by atoms with Crippen molar-refractivity contribution < 1.29 is 23.0 Å². The summed E-state index contributed by atoms with van der Waals surface area (Å²) in [7, 11) is -3.48. The predicted octanol–water partition coefficient (Wildman–Crippen LogP) is 2.28. The standard InChI is InChI=1S/C22H18F2N5O4P/c1-34(32,33)17-8-4-14(5-9-17)19(13-2-6-15(23)7-3-13)27-20(30)18-11-25-22(28-21(18)31)29-12-16(24)10-26-29/h2-12,19H,1H3,(H,27,30)(H,32,33)(H,25,28,31). The van der Waals surface area contributed by atoms with Crippen LogP contribution < -0.4 is 16.2 Å². The monoisotopic (exact) mass is 485 g/mol. The number of amides is 1. The number of carbonyl (C=O) groups is 1. The molecule has 2 atom stereocenters. The summed E-state index contributed by atoms with van der Waals surface area (Å²) in [6, 6.07) is 10.6. The molecule has 0 spiro atoms. The summed E-state index contributed by atoms with van der Waals surface area (Å²) in [4.78, 5) is 41.6. The number of carbonyl (C=O) groups excluding carboxylic acids is 1. The molecule has 0 radical (unpaired) electrons. The molecule has 2 unspecified atom stereocenters. The van der Waals surface area contributed by atoms with Crippen molar-refractivity contribution in [1.82, 2.24) is 25.1 Å². The van der Waals surface area contributed by atoms with E-state index >= 15 is 0 Å². The molecular weight excluding hydrogens is 467 g/mol. The lowest BCUT2D eigenvalue weighted by Crippen LogP contribution is -2.34. The van der Waals surface area contributed by atoms with Gasteiger partial charge in [-0.3, -0.25) is 19.1 Å². The van der Waals surface area contributed by atoms with Gasteiger partial charge in [-0.15, -0.1) is 0 Å². The number of nitrogens with zero attached hydrogens (tertiary/aromatic N) is 3. The molecule has 34 heavy (non-hydrogen) atoms. The fraction of sp³-hybridized carbons (Fsp3) is 0.0909. The highest BCUT2D eigenvalue weighted by molar-refractivity contribution is 7.65. The van der Waals surface area contributed by atoms with Crippen molar-refractivity contribution in [2.24, 2.45) is 0 Å². The largest absolute Gasteiger partial charge is 0.341 e. The molecule has 0 aliphatic rings. The summed E-state index contributed by atoms with van der Waals surface area (Å²) in [6.45, 7) is 1.21. The Morgan fingerprint density at radius 1 is 1.06 bits per heavy atom. The van der Waals surface area contributed by atoms with Gasteiger partial charge in [0.1, 0.15) is 11.4 Å². The van der Waals surface area contributed by atoms with Gasteiger partial charge >= 0.3 is 0 Å². The van der Waals surface area contributed by atoms with Crippen LogP contribution in [0.15, 0.2) is 71.9 Å². The second kappa shape index (κ2) is 9.12. The minimum atomic E-state index is -3.48. The number of hydrogen-bond donors (Lipinski definition) is 3. The third-order valence-electron chi connectivity index (χ3n) is 4.98. The van der Waals surface area contributed by atoms with Crippen molar-refractivity contribution in [3.63, 3.8) is 0 Å². The Bertz CT molecular complexity index is 1450. The first kappa shape index (κ1) is 23.2. The molecule has 0 aliphatic carbocycles. The number of halogens is 2. The van der Waals surface area contributed by atoms with Crippen LogP contribution in [0.25, 0.3) is 5.95 Å². The molecule has 0 bridgehead atoms. The smallest absolute Gasteiger partial charge is 0.265 e. The van der Waals surface area contributed by atoms with E-state index in [1.165, 1.54) is 43.1 Å². The first-order valence-corrected chi connectivity index (χ1v) is 12.0. The third kappa shape index (κ3) is 5.00. The van der Waals surface area contributed by atoms with Gasteiger partial charge in [-0.2, -0.15) is 5.10 Å². The molecule has 1 amide bonds. The molecule has 2 aromatic heterocycles. The van der Waals surface area contributed by atoms with E-state index in [-0.39, 0.29) is 16.8 Å². The molecule has 2 heterocycles. The van der Waals surface area contributed by atoms with Gasteiger partial charge in [0, 0.05) is 18.2 Å². The van der Waals surface area contributed by atoms with Gasteiger partial charge in [0.2, 0.25) is 13.3 Å². The second-order valence-corrected chi connectivity index (χ2v) is 9.76. The van der Waals surface area contributed by atoms with E-state index in [0.717, 1.165) is 23.3 Å². The van der Waals surface area contributed by atoms with Crippen LogP contribution in [0.5, 0.6) is 0 Å². The zero-order valence-corrected chi connectivity index (χ0v) is 18.5. The predicted molar refractivity (Wildman–Crippen MR) is 119 cm³/mol. The van der Waals surface area contributed by atoms with E-state index < -0.39 is 36.5 Å². The molecule has 0 saturated carbocycles. The van der Waals surface area contributed by atoms with Gasteiger partial charge in [0.25, 0.3) is 11.5 Å². The number of H-pyrrole nitrogens is 1. The molecule has 174 valence electrons. The minimum absolute atomic E-state index is 0.0795. The van der Waals surface area contributed by atoms with Crippen LogP contribution in [0.4, 0.5) is 8.78 Å². The normalized spacial score (nSPS) is 13.8. The number of nitrogens with one attached hydrogen (secondary N) is 2. The quantitative estimate of drug-likeness (QED) is 0.360. The fourth-order valence-electron chi connectivity index (χ4n) is 3.25. The van der Waals surface area contributed by atoms with Gasteiger partial charge in [-0.25, -0.2) is 18.4 Å². The van der Waals surface area contributed by atoms with Crippen LogP contribution in [0, 0.1) is 11.6 Å². The maximum Gasteiger partial charge on any atom is 0.265 e. The number of rotatable bonds is 6. The first-order chi connectivity index (χ1) is 16.1. The lowest BCUT2D eigenvalue weighted by atomic mass is 9.98. The van der Waals surface area contributed by atoms with Gasteiger partial charge in [-0.05, 0) is 35.4 Å². The summed E-state index contributed by atoms with van der Waals surface area (Å²) in [5.41, 5.74) is -0.0447. The highest BCUT2D eigenvalue weighted by atomic mass is 31.2. The van der Waals surface area contributed by atoms with Crippen molar-refractivity contribution in [2.75, 3.05) is 6.66 Å². The van der Waals surface area contributed by atoms with Crippen LogP contribution in [-0.4, -0.2) is 37.2 Å². The molecular formula is C22H18F2N5O4P. The first-order valence-electron chi connectivity index (χ1n) is 9.89. The molecule has 12 heteroatoms. The summed E-state index contributed by atoms with van der Waals surface area (Å²) < 4.78 is 39.6. The minimum Gasteiger partial charge on any atom is -0.341 e. The lowest BCUT2D eigenvalue weighted by Gasteiger charge is -2.20. The molecule has 0 aliphatic heterocycles.